The average Bonchev–Trinajstić information content (AvgIpc) is 3.44. The monoisotopic (exact) mass is 661 g/mol. The van der Waals surface area contributed by atoms with Crippen LogP contribution in [0.3, 0.4) is 0 Å². The van der Waals surface area contributed by atoms with E-state index in [1.165, 1.54) is 72.0 Å². The summed E-state index contributed by atoms with van der Waals surface area (Å²) in [4.78, 5) is 0. The maximum atomic E-state index is 5.24. The van der Waals surface area contributed by atoms with Gasteiger partial charge in [0.05, 0.1) is 17.4 Å². The van der Waals surface area contributed by atoms with E-state index in [0.29, 0.717) is 5.41 Å². The van der Waals surface area contributed by atoms with Crippen LogP contribution in [0.25, 0.3) is 6.08 Å². The second kappa shape index (κ2) is 16.3. The molecule has 1 atom stereocenters. The van der Waals surface area contributed by atoms with Gasteiger partial charge in [0.15, 0.2) is 0 Å². The maximum Gasteiger partial charge on any atom is 0.0831 e. The maximum absolute atomic E-state index is 5.24. The van der Waals surface area contributed by atoms with Crippen molar-refractivity contribution in [1.29, 1.82) is 0 Å². The van der Waals surface area contributed by atoms with Crippen molar-refractivity contribution in [1.82, 2.24) is 0 Å². The second-order valence-corrected chi connectivity index (χ2v) is 18.7. The van der Waals surface area contributed by atoms with E-state index in [4.69, 9.17) is 5.10 Å². The van der Waals surface area contributed by atoms with Crippen molar-refractivity contribution in [3.63, 3.8) is 0 Å². The molecular weight excluding hydrogens is 593 g/mol. The van der Waals surface area contributed by atoms with Gasteiger partial charge in [0.1, 0.15) is 0 Å². The molecule has 0 N–H and O–H groups in total. The van der Waals surface area contributed by atoms with Gasteiger partial charge in [-0.05, 0) is 93.4 Å². The van der Waals surface area contributed by atoms with Crippen LogP contribution in [0.2, 0.25) is 0 Å². The highest BCUT2D eigenvalue weighted by molar-refractivity contribution is 6.01. The molecule has 0 amide bonds. The zero-order valence-electron chi connectivity index (χ0n) is 33.1. The Balaban J connectivity index is 1.54. The Kier molecular flexibility index (Phi) is 12.8. The van der Waals surface area contributed by atoms with Crippen LogP contribution in [0.4, 0.5) is 5.69 Å². The summed E-state index contributed by atoms with van der Waals surface area (Å²) in [5, 5.41) is 7.51. The van der Waals surface area contributed by atoms with Gasteiger partial charge < -0.3 is 0 Å². The van der Waals surface area contributed by atoms with Gasteiger partial charge in [-0.25, -0.2) is 0 Å². The number of hydrogen-bond donors (Lipinski definition) is 0. The van der Waals surface area contributed by atoms with Crippen LogP contribution in [-0.2, 0) is 17.3 Å². The number of unbranched alkanes of at least 4 members (excludes halogenated alkanes) is 5. The van der Waals surface area contributed by atoms with Gasteiger partial charge in [0, 0.05) is 6.42 Å². The first-order valence-corrected chi connectivity index (χ1v) is 19.3. The minimum atomic E-state index is 0.125. The van der Waals surface area contributed by atoms with E-state index in [-0.39, 0.29) is 22.3 Å². The van der Waals surface area contributed by atoms with Crippen molar-refractivity contribution in [2.24, 2.45) is 15.9 Å². The highest BCUT2D eigenvalue weighted by Crippen LogP contribution is 2.40. The zero-order valence-corrected chi connectivity index (χ0v) is 33.1. The van der Waals surface area contributed by atoms with Crippen molar-refractivity contribution in [2.45, 2.75) is 157 Å². The lowest BCUT2D eigenvalue weighted by atomic mass is 9.72. The van der Waals surface area contributed by atoms with Gasteiger partial charge in [0.25, 0.3) is 0 Å². The molecule has 3 aromatic carbocycles. The number of allylic oxidation sites excluding steroid dienone is 1. The molecule has 0 radical (unpaired) electrons. The third kappa shape index (κ3) is 11.7. The van der Waals surface area contributed by atoms with E-state index in [9.17, 15) is 0 Å². The van der Waals surface area contributed by atoms with Gasteiger partial charge in [0.2, 0.25) is 0 Å². The molecule has 49 heavy (non-hydrogen) atoms. The third-order valence-electron chi connectivity index (χ3n) is 10.1. The summed E-state index contributed by atoms with van der Waals surface area (Å²) in [7, 11) is 0. The Labute approximate surface area is 301 Å². The first-order chi connectivity index (χ1) is 23.0. The predicted molar refractivity (Wildman–Crippen MR) is 217 cm³/mol. The molecule has 0 aromatic heterocycles. The molecule has 1 unspecified atom stereocenters. The number of rotatable bonds is 15. The van der Waals surface area contributed by atoms with Crippen molar-refractivity contribution in [2.75, 3.05) is 5.01 Å². The Morgan fingerprint density at radius 1 is 0.612 bits per heavy atom. The van der Waals surface area contributed by atoms with Crippen LogP contribution in [0.15, 0.2) is 84.0 Å². The van der Waals surface area contributed by atoms with Crippen molar-refractivity contribution in [3.8, 4) is 0 Å². The number of aryl methyl sites for hydroxylation is 1. The van der Waals surface area contributed by atoms with Crippen LogP contribution < -0.4 is 5.01 Å². The lowest BCUT2D eigenvalue weighted by Crippen LogP contribution is -2.25. The molecule has 2 nitrogen and oxygen atoms in total. The van der Waals surface area contributed by atoms with Crippen LogP contribution in [-0.4, -0.2) is 5.71 Å². The molecule has 2 heteroatoms. The minimum absolute atomic E-state index is 0.125. The molecule has 0 bridgehead atoms. The summed E-state index contributed by atoms with van der Waals surface area (Å²) in [6.07, 6.45) is 16.8. The minimum Gasteiger partial charge on any atom is -0.257 e. The van der Waals surface area contributed by atoms with E-state index in [2.05, 4.69) is 166 Å². The molecule has 0 saturated carbocycles. The van der Waals surface area contributed by atoms with Gasteiger partial charge in [-0.3, -0.25) is 5.01 Å². The van der Waals surface area contributed by atoms with Gasteiger partial charge in [-0.2, -0.15) is 5.10 Å². The molecule has 0 fully saturated rings. The first-order valence-electron chi connectivity index (χ1n) is 19.3. The SMILES string of the molecule is CCCCCCCCc1ccc(N2N=C(C=Cc3ccc(C(C)(C)CC(C)(C)C)cc3)CC2c2ccc(C(C)(C)CC(C)(C)C)cc2)cc1. The number of hydrazone groups is 1. The van der Waals surface area contributed by atoms with E-state index in [1.807, 2.05) is 0 Å². The fourth-order valence-corrected chi connectivity index (χ4v) is 8.31. The van der Waals surface area contributed by atoms with Gasteiger partial charge in [-0.1, -0.05) is 175 Å². The Morgan fingerprint density at radius 3 is 1.65 bits per heavy atom. The van der Waals surface area contributed by atoms with E-state index >= 15 is 0 Å². The zero-order chi connectivity index (χ0) is 35.9. The van der Waals surface area contributed by atoms with E-state index in [1.54, 1.807) is 0 Å². The smallest absolute Gasteiger partial charge is 0.0831 e. The van der Waals surface area contributed by atoms with Crippen LogP contribution in [0, 0.1) is 10.8 Å². The topological polar surface area (TPSA) is 15.6 Å². The largest absolute Gasteiger partial charge is 0.257 e. The van der Waals surface area contributed by atoms with Gasteiger partial charge in [-0.15, -0.1) is 0 Å². The summed E-state index contributed by atoms with van der Waals surface area (Å²) < 4.78 is 0. The van der Waals surface area contributed by atoms with Gasteiger partial charge >= 0.3 is 0 Å². The molecule has 1 heterocycles. The predicted octanol–water partition coefficient (Wildman–Crippen LogP) is 14.0. The first kappa shape index (κ1) is 38.7. The standard InChI is InChI=1S/C47H68N2/c1-12-13-14-15-16-17-18-36-22-31-42(32-23-36)49-43(38-24-28-40(29-25-38)47(10,11)35-45(5,6)7)33-41(48-49)30-21-37-19-26-39(27-20-37)46(8,9)34-44(2,3)4/h19-32,43H,12-18,33-35H2,1-11H3. The lowest BCUT2D eigenvalue weighted by Gasteiger charge is -2.33. The van der Waals surface area contributed by atoms with Crippen LogP contribution in [0.1, 0.15) is 168 Å². The fourth-order valence-electron chi connectivity index (χ4n) is 8.31. The molecular formula is C47H68N2. The molecule has 266 valence electrons. The summed E-state index contributed by atoms with van der Waals surface area (Å²) in [6, 6.07) is 28.0. The number of anilines is 1. The van der Waals surface area contributed by atoms with Crippen LogP contribution >= 0.6 is 0 Å². The van der Waals surface area contributed by atoms with Crippen molar-refractivity contribution in [3.05, 3.63) is 107 Å². The number of benzene rings is 3. The van der Waals surface area contributed by atoms with Crippen molar-refractivity contribution < 1.29 is 0 Å². The quantitative estimate of drug-likeness (QED) is 0.148. The fraction of sp³-hybridized carbons (Fsp3) is 0.553. The van der Waals surface area contributed by atoms with Crippen molar-refractivity contribution >= 4 is 17.5 Å². The summed E-state index contributed by atoms with van der Waals surface area (Å²) in [6.45, 7) is 25.8. The molecule has 0 saturated heterocycles. The van der Waals surface area contributed by atoms with Crippen LogP contribution in [0.5, 0.6) is 0 Å². The Morgan fingerprint density at radius 2 is 1.12 bits per heavy atom. The lowest BCUT2D eigenvalue weighted by molar-refractivity contribution is 0.283. The normalized spacial score (nSPS) is 16.1. The second-order valence-electron chi connectivity index (χ2n) is 18.7. The summed E-state index contributed by atoms with van der Waals surface area (Å²) in [5.74, 6) is 0. The molecule has 1 aliphatic heterocycles. The number of nitrogens with zero attached hydrogens (tertiary/aromatic N) is 2. The molecule has 0 aliphatic carbocycles. The molecule has 4 rings (SSSR count). The van der Waals surface area contributed by atoms with E-state index in [0.717, 1.165) is 31.4 Å². The number of hydrogen-bond acceptors (Lipinski definition) is 2. The highest BCUT2D eigenvalue weighted by Gasteiger charge is 2.31. The Bertz CT molecular complexity index is 1500. The van der Waals surface area contributed by atoms with E-state index < -0.39 is 0 Å². The molecule has 1 aliphatic rings. The Hall–Kier alpha value is -3.13. The summed E-state index contributed by atoms with van der Waals surface area (Å²) >= 11 is 0. The molecule has 3 aromatic rings. The summed E-state index contributed by atoms with van der Waals surface area (Å²) in [5.41, 5.74) is 9.92. The molecule has 0 spiro atoms. The highest BCUT2D eigenvalue weighted by atomic mass is 15.5. The average molecular weight is 661 g/mol. The third-order valence-corrected chi connectivity index (χ3v) is 10.1.